The van der Waals surface area contributed by atoms with E-state index in [1.807, 2.05) is 31.2 Å². The maximum absolute atomic E-state index is 12.1. The standard InChI is InChI=1S/C17H14ClN3O2/c1-11-3-2-4-12(9-11)10-19-15(22)17-21-20-16(23-17)13-5-7-14(18)8-6-13/h2-9H,10H2,1H3,(H,19,22). The molecule has 116 valence electrons. The predicted molar refractivity (Wildman–Crippen MR) is 87.1 cm³/mol. The predicted octanol–water partition coefficient (Wildman–Crippen LogP) is 3.63. The molecule has 0 aliphatic rings. The minimum Gasteiger partial charge on any atom is -0.412 e. The maximum atomic E-state index is 12.1. The molecule has 23 heavy (non-hydrogen) atoms. The first-order chi connectivity index (χ1) is 11.1. The third-order valence-corrected chi connectivity index (χ3v) is 3.50. The van der Waals surface area contributed by atoms with Gasteiger partial charge in [-0.2, -0.15) is 0 Å². The van der Waals surface area contributed by atoms with Gasteiger partial charge in [0.1, 0.15) is 0 Å². The van der Waals surface area contributed by atoms with Gasteiger partial charge in [0.05, 0.1) is 0 Å². The Morgan fingerprint density at radius 2 is 1.96 bits per heavy atom. The molecule has 2 aromatic carbocycles. The van der Waals surface area contributed by atoms with Crippen molar-refractivity contribution in [2.75, 3.05) is 0 Å². The minimum atomic E-state index is -0.404. The van der Waals surface area contributed by atoms with E-state index in [-0.39, 0.29) is 11.8 Å². The number of carbonyl (C=O) groups excluding carboxylic acids is 1. The Hall–Kier alpha value is -2.66. The summed E-state index contributed by atoms with van der Waals surface area (Å²) in [5, 5.41) is 11.0. The molecule has 0 spiro atoms. The Morgan fingerprint density at radius 3 is 2.70 bits per heavy atom. The smallest absolute Gasteiger partial charge is 0.309 e. The van der Waals surface area contributed by atoms with Crippen LogP contribution in [0.2, 0.25) is 5.02 Å². The maximum Gasteiger partial charge on any atom is 0.309 e. The highest BCUT2D eigenvalue weighted by Gasteiger charge is 2.15. The van der Waals surface area contributed by atoms with Gasteiger partial charge in [-0.15, -0.1) is 10.2 Å². The van der Waals surface area contributed by atoms with E-state index in [4.69, 9.17) is 16.0 Å². The molecule has 0 atom stereocenters. The van der Waals surface area contributed by atoms with Gasteiger partial charge in [0, 0.05) is 17.1 Å². The van der Waals surface area contributed by atoms with E-state index in [0.29, 0.717) is 17.1 Å². The summed E-state index contributed by atoms with van der Waals surface area (Å²) in [6.07, 6.45) is 0. The highest BCUT2D eigenvalue weighted by atomic mass is 35.5. The lowest BCUT2D eigenvalue weighted by atomic mass is 10.1. The van der Waals surface area contributed by atoms with Crippen molar-refractivity contribution in [1.29, 1.82) is 0 Å². The van der Waals surface area contributed by atoms with Crippen molar-refractivity contribution >= 4 is 17.5 Å². The summed E-state index contributed by atoms with van der Waals surface area (Å²) in [6.45, 7) is 2.40. The summed E-state index contributed by atoms with van der Waals surface area (Å²) in [7, 11) is 0. The second-order valence-electron chi connectivity index (χ2n) is 5.09. The van der Waals surface area contributed by atoms with Crippen molar-refractivity contribution in [3.05, 3.63) is 70.6 Å². The number of benzene rings is 2. The van der Waals surface area contributed by atoms with Crippen LogP contribution in [-0.4, -0.2) is 16.1 Å². The molecule has 3 aromatic rings. The fraction of sp³-hybridized carbons (Fsp3) is 0.118. The number of rotatable bonds is 4. The monoisotopic (exact) mass is 327 g/mol. The molecule has 3 rings (SSSR count). The van der Waals surface area contributed by atoms with Crippen LogP contribution in [-0.2, 0) is 6.54 Å². The fourth-order valence-corrected chi connectivity index (χ4v) is 2.23. The Bertz CT molecular complexity index is 828. The van der Waals surface area contributed by atoms with Gasteiger partial charge < -0.3 is 9.73 Å². The van der Waals surface area contributed by atoms with Crippen LogP contribution < -0.4 is 5.32 Å². The van der Waals surface area contributed by atoms with Crippen LogP contribution in [0.3, 0.4) is 0 Å². The quantitative estimate of drug-likeness (QED) is 0.794. The third-order valence-electron chi connectivity index (χ3n) is 3.25. The summed E-state index contributed by atoms with van der Waals surface area (Å²) in [5.74, 6) is -0.191. The highest BCUT2D eigenvalue weighted by molar-refractivity contribution is 6.30. The Labute approximate surface area is 138 Å². The van der Waals surface area contributed by atoms with Crippen LogP contribution in [0.4, 0.5) is 0 Å². The SMILES string of the molecule is Cc1cccc(CNC(=O)c2nnc(-c3ccc(Cl)cc3)o2)c1. The van der Waals surface area contributed by atoms with E-state index in [0.717, 1.165) is 11.1 Å². The van der Waals surface area contributed by atoms with Crippen LogP contribution in [0, 0.1) is 6.92 Å². The normalized spacial score (nSPS) is 10.5. The molecule has 0 saturated heterocycles. The van der Waals surface area contributed by atoms with E-state index in [1.165, 1.54) is 0 Å². The van der Waals surface area contributed by atoms with E-state index in [1.54, 1.807) is 24.3 Å². The van der Waals surface area contributed by atoms with E-state index in [2.05, 4.69) is 15.5 Å². The zero-order valence-corrected chi connectivity index (χ0v) is 13.2. The zero-order chi connectivity index (χ0) is 16.2. The molecule has 1 amide bonds. The summed E-state index contributed by atoms with van der Waals surface area (Å²) in [4.78, 5) is 12.1. The number of carbonyl (C=O) groups is 1. The summed E-state index contributed by atoms with van der Waals surface area (Å²) < 4.78 is 5.41. The lowest BCUT2D eigenvalue weighted by molar-refractivity contribution is 0.0917. The number of halogens is 1. The molecule has 1 heterocycles. The molecule has 5 nitrogen and oxygen atoms in total. The number of aromatic nitrogens is 2. The Balaban J connectivity index is 1.67. The molecule has 0 saturated carbocycles. The lowest BCUT2D eigenvalue weighted by Crippen LogP contribution is -2.23. The summed E-state index contributed by atoms with van der Waals surface area (Å²) in [6, 6.07) is 14.9. The second kappa shape index (κ2) is 6.62. The van der Waals surface area contributed by atoms with E-state index < -0.39 is 5.91 Å². The van der Waals surface area contributed by atoms with Crippen molar-refractivity contribution < 1.29 is 9.21 Å². The lowest BCUT2D eigenvalue weighted by Gasteiger charge is -2.03. The van der Waals surface area contributed by atoms with Crippen molar-refractivity contribution in [3.63, 3.8) is 0 Å². The van der Waals surface area contributed by atoms with Gasteiger partial charge in [0.2, 0.25) is 5.89 Å². The molecular formula is C17H14ClN3O2. The number of amides is 1. The molecule has 0 aliphatic heterocycles. The summed E-state index contributed by atoms with van der Waals surface area (Å²) in [5.41, 5.74) is 2.86. The first-order valence-electron chi connectivity index (χ1n) is 7.05. The minimum absolute atomic E-state index is 0.0670. The topological polar surface area (TPSA) is 68.0 Å². The fourth-order valence-electron chi connectivity index (χ4n) is 2.10. The number of nitrogens with one attached hydrogen (secondary N) is 1. The molecule has 0 radical (unpaired) electrons. The molecule has 0 fully saturated rings. The largest absolute Gasteiger partial charge is 0.412 e. The molecule has 0 bridgehead atoms. The van der Waals surface area contributed by atoms with E-state index in [9.17, 15) is 4.79 Å². The number of aryl methyl sites for hydroxylation is 1. The van der Waals surface area contributed by atoms with Crippen LogP contribution in [0.25, 0.3) is 11.5 Å². The first-order valence-corrected chi connectivity index (χ1v) is 7.43. The molecule has 1 N–H and O–H groups in total. The van der Waals surface area contributed by atoms with Crippen molar-refractivity contribution in [3.8, 4) is 11.5 Å². The molecular weight excluding hydrogens is 314 g/mol. The van der Waals surface area contributed by atoms with Crippen LogP contribution in [0.1, 0.15) is 21.8 Å². The van der Waals surface area contributed by atoms with Crippen molar-refractivity contribution in [2.45, 2.75) is 13.5 Å². The average molecular weight is 328 g/mol. The van der Waals surface area contributed by atoms with Crippen molar-refractivity contribution in [2.24, 2.45) is 0 Å². The van der Waals surface area contributed by atoms with Gasteiger partial charge in [-0.3, -0.25) is 4.79 Å². The van der Waals surface area contributed by atoms with Gasteiger partial charge in [-0.1, -0.05) is 41.4 Å². The molecule has 1 aromatic heterocycles. The average Bonchev–Trinajstić information content (AvgIpc) is 3.03. The number of hydrogen-bond donors (Lipinski definition) is 1. The summed E-state index contributed by atoms with van der Waals surface area (Å²) >= 11 is 5.83. The van der Waals surface area contributed by atoms with Gasteiger partial charge >= 0.3 is 11.8 Å². The number of nitrogens with zero attached hydrogens (tertiary/aromatic N) is 2. The van der Waals surface area contributed by atoms with Gasteiger partial charge in [-0.05, 0) is 36.8 Å². The van der Waals surface area contributed by atoms with Gasteiger partial charge in [-0.25, -0.2) is 0 Å². The molecule has 0 aliphatic carbocycles. The van der Waals surface area contributed by atoms with Gasteiger partial charge in [0.25, 0.3) is 0 Å². The van der Waals surface area contributed by atoms with Crippen LogP contribution >= 0.6 is 11.6 Å². The molecule has 6 heteroatoms. The Morgan fingerprint density at radius 1 is 1.17 bits per heavy atom. The van der Waals surface area contributed by atoms with E-state index >= 15 is 0 Å². The van der Waals surface area contributed by atoms with Crippen molar-refractivity contribution in [1.82, 2.24) is 15.5 Å². The van der Waals surface area contributed by atoms with Crippen LogP contribution in [0.15, 0.2) is 52.9 Å². The van der Waals surface area contributed by atoms with Gasteiger partial charge in [0.15, 0.2) is 0 Å². The number of hydrogen-bond acceptors (Lipinski definition) is 4. The second-order valence-corrected chi connectivity index (χ2v) is 5.53. The van der Waals surface area contributed by atoms with Crippen LogP contribution in [0.5, 0.6) is 0 Å². The first kappa shape index (κ1) is 15.2. The molecule has 0 unspecified atom stereocenters. The third kappa shape index (κ3) is 3.76. The Kier molecular flexibility index (Phi) is 4.39. The highest BCUT2D eigenvalue weighted by Crippen LogP contribution is 2.20. The zero-order valence-electron chi connectivity index (χ0n) is 12.4.